The molecule has 0 aliphatic heterocycles. The van der Waals surface area contributed by atoms with E-state index in [-0.39, 0.29) is 31.1 Å². The average Bonchev–Trinajstić information content (AvgIpc) is 3.28. The first-order chi connectivity index (χ1) is 31.0. The van der Waals surface area contributed by atoms with Crippen LogP contribution in [0.5, 0.6) is 0 Å². The van der Waals surface area contributed by atoms with Crippen molar-refractivity contribution in [3.8, 4) is 0 Å². The minimum absolute atomic E-state index is 0.0623. The van der Waals surface area contributed by atoms with Gasteiger partial charge in [0.2, 0.25) is 0 Å². The van der Waals surface area contributed by atoms with E-state index in [1.165, 1.54) is 231 Å². The molecule has 0 amide bonds. The molecule has 0 saturated carbocycles. The minimum Gasteiger partial charge on any atom is -0.462 e. The molecule has 0 fully saturated rings. The Labute approximate surface area is 393 Å². The highest BCUT2D eigenvalue weighted by Crippen LogP contribution is 2.18. The van der Waals surface area contributed by atoms with Crippen LogP contribution >= 0.6 is 0 Å². The third-order valence-electron chi connectivity index (χ3n) is 13.1. The fourth-order valence-electron chi connectivity index (χ4n) is 8.80. The molecule has 0 bridgehead atoms. The molecule has 0 aliphatic rings. The first kappa shape index (κ1) is 61.4. The molecule has 0 rings (SSSR count). The number of hydrogen-bond acceptors (Lipinski definition) is 6. The van der Waals surface area contributed by atoms with Crippen LogP contribution < -0.4 is 0 Å². The van der Waals surface area contributed by atoms with E-state index >= 15 is 0 Å². The zero-order valence-electron chi connectivity index (χ0n) is 42.9. The number of carbonyl (C=O) groups is 3. The monoisotopic (exact) mass is 891 g/mol. The van der Waals surface area contributed by atoms with Gasteiger partial charge in [-0.3, -0.25) is 14.4 Å². The van der Waals surface area contributed by atoms with Gasteiger partial charge in [-0.2, -0.15) is 0 Å². The van der Waals surface area contributed by atoms with Gasteiger partial charge in [-0.25, -0.2) is 0 Å². The molecule has 63 heavy (non-hydrogen) atoms. The van der Waals surface area contributed by atoms with Crippen LogP contribution in [-0.4, -0.2) is 37.2 Å². The number of rotatable bonds is 53. The van der Waals surface area contributed by atoms with Crippen LogP contribution in [0.3, 0.4) is 0 Å². The fourth-order valence-corrected chi connectivity index (χ4v) is 8.80. The van der Waals surface area contributed by atoms with E-state index in [1.54, 1.807) is 0 Å². The molecular formula is C57H110O6. The lowest BCUT2D eigenvalue weighted by Gasteiger charge is -2.18. The maximum atomic E-state index is 12.8. The zero-order chi connectivity index (χ0) is 45.8. The molecule has 0 N–H and O–H groups in total. The minimum atomic E-state index is -0.759. The smallest absolute Gasteiger partial charge is 0.306 e. The van der Waals surface area contributed by atoms with E-state index in [0.29, 0.717) is 19.3 Å². The number of carbonyl (C=O) groups excluding carboxylic acids is 3. The van der Waals surface area contributed by atoms with Crippen LogP contribution in [0.1, 0.15) is 329 Å². The summed E-state index contributed by atoms with van der Waals surface area (Å²) in [6, 6.07) is 0. The zero-order valence-corrected chi connectivity index (χ0v) is 42.9. The van der Waals surface area contributed by atoms with Crippen molar-refractivity contribution in [3.63, 3.8) is 0 Å². The molecule has 0 spiro atoms. The lowest BCUT2D eigenvalue weighted by atomic mass is 10.0. The first-order valence-corrected chi connectivity index (χ1v) is 28.5. The summed E-state index contributed by atoms with van der Waals surface area (Å²) in [5.74, 6) is -0.847. The Balaban J connectivity index is 4.06. The standard InChI is InChI=1S/C57H110O6/c1-4-7-10-13-16-18-20-22-24-26-27-28-29-30-32-33-35-37-39-41-44-47-50-56(59)62-53-54(52-61-55(58)49-46-43-15-12-9-6-3)63-57(60)51-48-45-42-40-38-36-34-31-25-23-21-19-17-14-11-8-5-2/h54H,4-53H2,1-3H3. The highest BCUT2D eigenvalue weighted by atomic mass is 16.6. The van der Waals surface area contributed by atoms with Gasteiger partial charge in [0, 0.05) is 19.3 Å². The Bertz CT molecular complexity index is 936. The Hall–Kier alpha value is -1.59. The molecule has 0 radical (unpaired) electrons. The van der Waals surface area contributed by atoms with E-state index in [0.717, 1.165) is 57.8 Å². The third kappa shape index (κ3) is 51.3. The van der Waals surface area contributed by atoms with E-state index in [1.807, 2.05) is 0 Å². The van der Waals surface area contributed by atoms with Gasteiger partial charge in [-0.05, 0) is 19.3 Å². The van der Waals surface area contributed by atoms with E-state index < -0.39 is 6.10 Å². The summed E-state index contributed by atoms with van der Waals surface area (Å²) in [6.45, 7) is 6.64. The second kappa shape index (κ2) is 53.0. The van der Waals surface area contributed by atoms with Gasteiger partial charge < -0.3 is 14.2 Å². The number of unbranched alkanes of at least 4 members (excludes halogenated alkanes) is 42. The summed E-state index contributed by atoms with van der Waals surface area (Å²) in [4.78, 5) is 37.8. The number of ether oxygens (including phenoxy) is 3. The number of hydrogen-bond donors (Lipinski definition) is 0. The predicted molar refractivity (Wildman–Crippen MR) is 270 cm³/mol. The van der Waals surface area contributed by atoms with Crippen molar-refractivity contribution in [2.24, 2.45) is 0 Å². The average molecular weight is 892 g/mol. The van der Waals surface area contributed by atoms with Crippen molar-refractivity contribution < 1.29 is 28.6 Å². The molecule has 1 unspecified atom stereocenters. The van der Waals surface area contributed by atoms with Crippen molar-refractivity contribution in [1.29, 1.82) is 0 Å². The maximum Gasteiger partial charge on any atom is 0.306 e. The van der Waals surface area contributed by atoms with Gasteiger partial charge in [0.1, 0.15) is 13.2 Å². The third-order valence-corrected chi connectivity index (χ3v) is 13.1. The van der Waals surface area contributed by atoms with Gasteiger partial charge in [0.05, 0.1) is 0 Å². The summed E-state index contributed by atoms with van der Waals surface area (Å²) in [6.07, 6.45) is 58.4. The normalized spacial score (nSPS) is 11.9. The lowest BCUT2D eigenvalue weighted by Crippen LogP contribution is -2.30. The molecule has 0 aliphatic carbocycles. The molecule has 6 heteroatoms. The van der Waals surface area contributed by atoms with Crippen LogP contribution in [0.25, 0.3) is 0 Å². The highest BCUT2D eigenvalue weighted by molar-refractivity contribution is 5.71. The van der Waals surface area contributed by atoms with Gasteiger partial charge >= 0.3 is 17.9 Å². The molecule has 0 aromatic carbocycles. The van der Waals surface area contributed by atoms with Gasteiger partial charge in [-0.1, -0.05) is 290 Å². The predicted octanol–water partition coefficient (Wildman–Crippen LogP) is 18.8. The largest absolute Gasteiger partial charge is 0.462 e. The van der Waals surface area contributed by atoms with E-state index in [4.69, 9.17) is 14.2 Å². The summed E-state index contributed by atoms with van der Waals surface area (Å²) in [5.41, 5.74) is 0. The van der Waals surface area contributed by atoms with Crippen LogP contribution in [0.4, 0.5) is 0 Å². The molecule has 6 nitrogen and oxygen atoms in total. The topological polar surface area (TPSA) is 78.9 Å². The molecule has 0 heterocycles. The van der Waals surface area contributed by atoms with Crippen molar-refractivity contribution in [2.45, 2.75) is 335 Å². The quantitative estimate of drug-likeness (QED) is 0.0344. The SMILES string of the molecule is CCCCCCCCCCCCCCCCCCCCCCCCC(=O)OCC(COC(=O)CCCCCCCC)OC(=O)CCCCCCCCCCCCCCCCCCC. The van der Waals surface area contributed by atoms with Crippen molar-refractivity contribution >= 4 is 17.9 Å². The summed E-state index contributed by atoms with van der Waals surface area (Å²) in [7, 11) is 0. The highest BCUT2D eigenvalue weighted by Gasteiger charge is 2.19. The molecule has 0 aromatic rings. The van der Waals surface area contributed by atoms with E-state index in [2.05, 4.69) is 20.8 Å². The summed E-state index contributed by atoms with van der Waals surface area (Å²) < 4.78 is 16.8. The summed E-state index contributed by atoms with van der Waals surface area (Å²) in [5, 5.41) is 0. The maximum absolute atomic E-state index is 12.8. The van der Waals surface area contributed by atoms with Crippen molar-refractivity contribution in [2.75, 3.05) is 13.2 Å². The van der Waals surface area contributed by atoms with E-state index in [9.17, 15) is 14.4 Å². The van der Waals surface area contributed by atoms with Crippen molar-refractivity contribution in [3.05, 3.63) is 0 Å². The van der Waals surface area contributed by atoms with Crippen LogP contribution in [0.15, 0.2) is 0 Å². The van der Waals surface area contributed by atoms with Gasteiger partial charge in [0.15, 0.2) is 6.10 Å². The second-order valence-electron chi connectivity index (χ2n) is 19.6. The lowest BCUT2D eigenvalue weighted by molar-refractivity contribution is -0.167. The second-order valence-corrected chi connectivity index (χ2v) is 19.6. The molecule has 374 valence electrons. The molecule has 1 atom stereocenters. The molecule has 0 aromatic heterocycles. The van der Waals surface area contributed by atoms with Crippen LogP contribution in [0, 0.1) is 0 Å². The van der Waals surface area contributed by atoms with Gasteiger partial charge in [0.25, 0.3) is 0 Å². The molecular weight excluding hydrogens is 781 g/mol. The molecule has 0 saturated heterocycles. The Morgan fingerprint density at radius 2 is 0.429 bits per heavy atom. The fraction of sp³-hybridized carbons (Fsp3) is 0.947. The van der Waals surface area contributed by atoms with Crippen molar-refractivity contribution in [1.82, 2.24) is 0 Å². The summed E-state index contributed by atoms with van der Waals surface area (Å²) >= 11 is 0. The Morgan fingerprint density at radius 1 is 0.254 bits per heavy atom. The van der Waals surface area contributed by atoms with Crippen LogP contribution in [0.2, 0.25) is 0 Å². The van der Waals surface area contributed by atoms with Gasteiger partial charge in [-0.15, -0.1) is 0 Å². The van der Waals surface area contributed by atoms with Crippen LogP contribution in [-0.2, 0) is 28.6 Å². The Kier molecular flexibility index (Phi) is 51.7. The Morgan fingerprint density at radius 3 is 0.635 bits per heavy atom. The first-order valence-electron chi connectivity index (χ1n) is 28.5. The number of esters is 3.